The van der Waals surface area contributed by atoms with Crippen LogP contribution in [0.3, 0.4) is 0 Å². The van der Waals surface area contributed by atoms with Gasteiger partial charge in [-0.25, -0.2) is 0 Å². The Morgan fingerprint density at radius 1 is 1.29 bits per heavy atom. The number of halogens is 1. The molecule has 21 heavy (non-hydrogen) atoms. The van der Waals surface area contributed by atoms with Crippen molar-refractivity contribution in [2.75, 3.05) is 20.1 Å². The molecule has 0 aliphatic carbocycles. The molecule has 1 aromatic heterocycles. The van der Waals surface area contributed by atoms with E-state index in [2.05, 4.69) is 25.7 Å². The lowest BCUT2D eigenvalue weighted by Gasteiger charge is -2.23. The van der Waals surface area contributed by atoms with Gasteiger partial charge in [0.25, 0.3) is 0 Å². The van der Waals surface area contributed by atoms with Gasteiger partial charge in [0.1, 0.15) is 0 Å². The molecular weight excluding hydrogens is 288 g/mol. The Kier molecular flexibility index (Phi) is 5.67. The molecule has 1 saturated heterocycles. The number of hydrogen-bond donors (Lipinski definition) is 1. The lowest BCUT2D eigenvalue weighted by Crippen LogP contribution is -2.36. The first-order chi connectivity index (χ1) is 9.88. The summed E-state index contributed by atoms with van der Waals surface area (Å²) in [6.07, 6.45) is 2.49. The summed E-state index contributed by atoms with van der Waals surface area (Å²) in [5, 5.41) is 15.4. The van der Waals surface area contributed by atoms with Gasteiger partial charge in [-0.1, -0.05) is 18.2 Å². The summed E-state index contributed by atoms with van der Waals surface area (Å²) >= 11 is 0. The maximum atomic E-state index is 4.19. The zero-order chi connectivity index (χ0) is 13.8. The first-order valence-corrected chi connectivity index (χ1v) is 7.10. The van der Waals surface area contributed by atoms with Gasteiger partial charge >= 0.3 is 0 Å². The van der Waals surface area contributed by atoms with E-state index >= 15 is 0 Å². The molecule has 0 bridgehead atoms. The highest BCUT2D eigenvalue weighted by Gasteiger charge is 2.25. The van der Waals surface area contributed by atoms with E-state index in [1.807, 2.05) is 42.1 Å². The van der Waals surface area contributed by atoms with Gasteiger partial charge in [0.05, 0.1) is 12.2 Å². The largest absolute Gasteiger partial charge is 0.318 e. The topological polar surface area (TPSA) is 58.9 Å². The normalized spacial score (nSPS) is 18.6. The van der Waals surface area contributed by atoms with E-state index in [4.69, 9.17) is 0 Å². The number of benzene rings is 1. The van der Waals surface area contributed by atoms with E-state index in [0.717, 1.165) is 31.1 Å². The van der Waals surface area contributed by atoms with Crippen LogP contribution in [0.25, 0.3) is 5.69 Å². The molecular formula is C14H21ClN6. The zero-order valence-electron chi connectivity index (χ0n) is 12.1. The van der Waals surface area contributed by atoms with Gasteiger partial charge < -0.3 is 5.32 Å². The number of nitrogens with zero attached hydrogens (tertiary/aromatic N) is 5. The van der Waals surface area contributed by atoms with E-state index in [9.17, 15) is 0 Å². The fourth-order valence-corrected chi connectivity index (χ4v) is 2.83. The van der Waals surface area contributed by atoms with Crippen LogP contribution in [-0.4, -0.2) is 51.3 Å². The van der Waals surface area contributed by atoms with Crippen molar-refractivity contribution in [1.82, 2.24) is 30.4 Å². The van der Waals surface area contributed by atoms with Crippen LogP contribution >= 0.6 is 12.4 Å². The highest BCUT2D eigenvalue weighted by atomic mass is 35.5. The van der Waals surface area contributed by atoms with Gasteiger partial charge in [-0.3, -0.25) is 4.90 Å². The second-order valence-corrected chi connectivity index (χ2v) is 5.17. The quantitative estimate of drug-likeness (QED) is 0.901. The Bertz CT molecular complexity index is 543. The van der Waals surface area contributed by atoms with E-state index in [0.29, 0.717) is 6.04 Å². The monoisotopic (exact) mass is 308 g/mol. The van der Waals surface area contributed by atoms with Crippen LogP contribution in [0.2, 0.25) is 0 Å². The van der Waals surface area contributed by atoms with Crippen molar-refractivity contribution < 1.29 is 0 Å². The van der Waals surface area contributed by atoms with Gasteiger partial charge in [0.15, 0.2) is 5.82 Å². The second kappa shape index (κ2) is 7.49. The van der Waals surface area contributed by atoms with Crippen molar-refractivity contribution in [1.29, 1.82) is 0 Å². The van der Waals surface area contributed by atoms with E-state index < -0.39 is 0 Å². The lowest BCUT2D eigenvalue weighted by atomic mass is 10.2. The number of hydrogen-bond acceptors (Lipinski definition) is 5. The molecule has 1 atom stereocenters. The molecule has 2 aromatic rings. The summed E-state index contributed by atoms with van der Waals surface area (Å²) in [5.74, 6) is 0.902. The molecule has 7 heteroatoms. The van der Waals surface area contributed by atoms with Crippen molar-refractivity contribution in [2.45, 2.75) is 25.4 Å². The number of likely N-dealkylation sites (tertiary alicyclic amines) is 1. The molecule has 1 N–H and O–H groups in total. The summed E-state index contributed by atoms with van der Waals surface area (Å²) in [7, 11) is 2.00. The molecule has 0 radical (unpaired) electrons. The molecule has 1 aliphatic rings. The number of tetrazole rings is 1. The molecule has 0 amide bonds. The Morgan fingerprint density at radius 3 is 2.86 bits per heavy atom. The number of rotatable bonds is 5. The average molecular weight is 309 g/mol. The summed E-state index contributed by atoms with van der Waals surface area (Å²) in [6, 6.07) is 10.6. The summed E-state index contributed by atoms with van der Waals surface area (Å²) < 4.78 is 1.83. The Labute approximate surface area is 130 Å². The summed E-state index contributed by atoms with van der Waals surface area (Å²) in [5.41, 5.74) is 1.01. The van der Waals surface area contributed by atoms with Gasteiger partial charge in [0.2, 0.25) is 0 Å². The van der Waals surface area contributed by atoms with Crippen LogP contribution < -0.4 is 5.32 Å². The maximum absolute atomic E-state index is 4.19. The van der Waals surface area contributed by atoms with E-state index in [1.54, 1.807) is 0 Å². The third-order valence-electron chi connectivity index (χ3n) is 3.82. The number of aromatic nitrogens is 4. The Hall–Kier alpha value is -1.50. The SMILES string of the molecule is CNCC1CCCN1Cc1nnnn1-c1ccccc1.Cl. The second-order valence-electron chi connectivity index (χ2n) is 5.17. The number of para-hydroxylation sites is 1. The van der Waals surface area contributed by atoms with Gasteiger partial charge in [-0.15, -0.1) is 17.5 Å². The Morgan fingerprint density at radius 2 is 2.10 bits per heavy atom. The molecule has 0 spiro atoms. The predicted octanol–water partition coefficient (Wildman–Crippen LogP) is 1.27. The van der Waals surface area contributed by atoms with Gasteiger partial charge in [0, 0.05) is 12.6 Å². The highest BCUT2D eigenvalue weighted by Crippen LogP contribution is 2.19. The third-order valence-corrected chi connectivity index (χ3v) is 3.82. The van der Waals surface area contributed by atoms with Crippen LogP contribution in [0.4, 0.5) is 0 Å². The molecule has 1 fully saturated rings. The third kappa shape index (κ3) is 3.58. The zero-order valence-corrected chi connectivity index (χ0v) is 13.0. The minimum atomic E-state index is 0. The molecule has 0 saturated carbocycles. The molecule has 3 rings (SSSR count). The van der Waals surface area contributed by atoms with Crippen LogP contribution in [0.15, 0.2) is 30.3 Å². The average Bonchev–Trinajstić information content (AvgIpc) is 3.11. The molecule has 2 heterocycles. The van der Waals surface area contributed by atoms with Crippen molar-refractivity contribution in [3.8, 4) is 5.69 Å². The molecule has 1 aliphatic heterocycles. The predicted molar refractivity (Wildman–Crippen MR) is 83.8 cm³/mol. The summed E-state index contributed by atoms with van der Waals surface area (Å²) in [6.45, 7) is 2.94. The van der Waals surface area contributed by atoms with Crippen molar-refractivity contribution in [3.63, 3.8) is 0 Å². The van der Waals surface area contributed by atoms with E-state index in [-0.39, 0.29) is 12.4 Å². The first kappa shape index (κ1) is 15.9. The molecule has 1 aromatic carbocycles. The van der Waals surface area contributed by atoms with Crippen LogP contribution in [-0.2, 0) is 6.54 Å². The number of likely N-dealkylation sites (N-methyl/N-ethyl adjacent to an activating group) is 1. The minimum absolute atomic E-state index is 0. The smallest absolute Gasteiger partial charge is 0.170 e. The van der Waals surface area contributed by atoms with Crippen molar-refractivity contribution in [2.24, 2.45) is 0 Å². The maximum Gasteiger partial charge on any atom is 0.170 e. The van der Waals surface area contributed by atoms with Gasteiger partial charge in [-0.2, -0.15) is 4.68 Å². The van der Waals surface area contributed by atoms with Crippen molar-refractivity contribution >= 4 is 12.4 Å². The fourth-order valence-electron chi connectivity index (χ4n) is 2.83. The van der Waals surface area contributed by atoms with Gasteiger partial charge in [-0.05, 0) is 49.0 Å². The van der Waals surface area contributed by atoms with E-state index in [1.165, 1.54) is 12.8 Å². The van der Waals surface area contributed by atoms with Crippen LogP contribution in [0.1, 0.15) is 18.7 Å². The molecule has 1 unspecified atom stereocenters. The number of nitrogens with one attached hydrogen (secondary N) is 1. The molecule has 114 valence electrons. The van der Waals surface area contributed by atoms with Crippen molar-refractivity contribution in [3.05, 3.63) is 36.2 Å². The van der Waals surface area contributed by atoms with Crippen LogP contribution in [0.5, 0.6) is 0 Å². The summed E-state index contributed by atoms with van der Waals surface area (Å²) in [4.78, 5) is 2.46. The van der Waals surface area contributed by atoms with Crippen LogP contribution in [0, 0.1) is 0 Å². The fraction of sp³-hybridized carbons (Fsp3) is 0.500. The minimum Gasteiger partial charge on any atom is -0.318 e. The highest BCUT2D eigenvalue weighted by molar-refractivity contribution is 5.85. The standard InChI is InChI=1S/C14H20N6.ClH/c1-15-10-13-8-5-9-19(13)11-14-16-17-18-20(14)12-6-3-2-4-7-12;/h2-4,6-7,13,15H,5,8-11H2,1H3;1H. The lowest BCUT2D eigenvalue weighted by molar-refractivity contribution is 0.234. The Balaban J connectivity index is 0.00000161. The molecule has 6 nitrogen and oxygen atoms in total. The first-order valence-electron chi connectivity index (χ1n) is 7.10.